The minimum Gasteiger partial charge on any atom is -0.493 e. The molecule has 154 valence electrons. The van der Waals surface area contributed by atoms with Crippen molar-refractivity contribution in [2.24, 2.45) is 4.99 Å². The van der Waals surface area contributed by atoms with E-state index in [1.165, 1.54) is 11.1 Å². The van der Waals surface area contributed by atoms with E-state index in [9.17, 15) is 4.79 Å². The molecule has 0 saturated carbocycles. The van der Waals surface area contributed by atoms with Gasteiger partial charge in [0.1, 0.15) is 5.75 Å². The zero-order valence-electron chi connectivity index (χ0n) is 17.5. The molecule has 1 aliphatic heterocycles. The number of aliphatic imine (C=N–C) groups is 1. The van der Waals surface area contributed by atoms with Crippen molar-refractivity contribution in [3.8, 4) is 5.75 Å². The predicted octanol–water partition coefficient (Wildman–Crippen LogP) is 2.27. The van der Waals surface area contributed by atoms with Crippen LogP contribution in [-0.2, 0) is 19.3 Å². The van der Waals surface area contributed by atoms with Gasteiger partial charge in [0.25, 0.3) is 5.91 Å². The zero-order valence-corrected chi connectivity index (χ0v) is 17.5. The Morgan fingerprint density at radius 2 is 1.79 bits per heavy atom. The van der Waals surface area contributed by atoms with Gasteiger partial charge in [0.2, 0.25) is 0 Å². The van der Waals surface area contributed by atoms with Crippen LogP contribution in [0.25, 0.3) is 0 Å². The number of nitrogens with one attached hydrogen (secondary N) is 2. The smallest absolute Gasteiger partial charge is 0.253 e. The molecular formula is C23H30N4O2. The lowest BCUT2D eigenvalue weighted by atomic mass is 10.1. The molecule has 2 aromatic rings. The molecule has 0 unspecified atom stereocenters. The van der Waals surface area contributed by atoms with E-state index in [1.807, 2.05) is 24.3 Å². The first-order valence-corrected chi connectivity index (χ1v) is 10.1. The number of carbonyl (C=O) groups is 1. The molecule has 6 nitrogen and oxygen atoms in total. The molecule has 0 atom stereocenters. The lowest BCUT2D eigenvalue weighted by Gasteiger charge is -2.13. The molecule has 29 heavy (non-hydrogen) atoms. The van der Waals surface area contributed by atoms with Crippen LogP contribution in [-0.4, -0.2) is 57.6 Å². The average Bonchev–Trinajstić information content (AvgIpc) is 3.20. The van der Waals surface area contributed by atoms with Crippen molar-refractivity contribution < 1.29 is 9.53 Å². The van der Waals surface area contributed by atoms with E-state index >= 15 is 0 Å². The number of hydrogen-bond acceptors (Lipinski definition) is 3. The number of amides is 1. The molecular weight excluding hydrogens is 364 g/mol. The first kappa shape index (κ1) is 20.7. The fourth-order valence-electron chi connectivity index (χ4n) is 3.38. The number of guanidine groups is 1. The predicted molar refractivity (Wildman–Crippen MR) is 117 cm³/mol. The first-order valence-electron chi connectivity index (χ1n) is 10.1. The largest absolute Gasteiger partial charge is 0.493 e. The van der Waals surface area contributed by atoms with Crippen molar-refractivity contribution in [3.05, 3.63) is 64.7 Å². The maximum Gasteiger partial charge on any atom is 0.253 e. The second kappa shape index (κ2) is 9.96. The quantitative estimate of drug-likeness (QED) is 0.559. The summed E-state index contributed by atoms with van der Waals surface area (Å²) in [7, 11) is 5.31. The Hall–Kier alpha value is -3.02. The summed E-state index contributed by atoms with van der Waals surface area (Å²) in [6.45, 7) is 2.35. The summed E-state index contributed by atoms with van der Waals surface area (Å²) >= 11 is 0. The van der Waals surface area contributed by atoms with E-state index < -0.39 is 0 Å². The summed E-state index contributed by atoms with van der Waals surface area (Å²) in [6, 6.07) is 14.2. The monoisotopic (exact) mass is 394 g/mol. The summed E-state index contributed by atoms with van der Waals surface area (Å²) in [5, 5.41) is 6.70. The molecule has 1 amide bonds. The van der Waals surface area contributed by atoms with E-state index in [0.29, 0.717) is 0 Å². The van der Waals surface area contributed by atoms with Crippen LogP contribution in [0.15, 0.2) is 47.5 Å². The molecule has 0 fully saturated rings. The molecule has 0 aliphatic carbocycles. The van der Waals surface area contributed by atoms with Gasteiger partial charge in [-0.05, 0) is 47.7 Å². The van der Waals surface area contributed by atoms with Crippen LogP contribution in [0.4, 0.5) is 0 Å². The molecule has 0 spiro atoms. The van der Waals surface area contributed by atoms with Gasteiger partial charge in [-0.25, -0.2) is 0 Å². The summed E-state index contributed by atoms with van der Waals surface area (Å²) < 4.78 is 5.56. The van der Waals surface area contributed by atoms with E-state index in [-0.39, 0.29) is 5.91 Å². The average molecular weight is 395 g/mol. The SMILES string of the molecule is CN=C(NCCc1cccc(C(=O)N(C)C)c1)NCCc1ccc2c(c1)CCO2. The number of ether oxygens (including phenoxy) is 1. The van der Waals surface area contributed by atoms with Gasteiger partial charge in [0, 0.05) is 46.2 Å². The zero-order chi connectivity index (χ0) is 20.6. The Kier molecular flexibility index (Phi) is 7.11. The second-order valence-corrected chi connectivity index (χ2v) is 7.37. The summed E-state index contributed by atoms with van der Waals surface area (Å²) in [5.74, 6) is 1.83. The Bertz CT molecular complexity index is 877. The van der Waals surface area contributed by atoms with Gasteiger partial charge in [-0.2, -0.15) is 0 Å². The highest BCUT2D eigenvalue weighted by Gasteiger charge is 2.12. The van der Waals surface area contributed by atoms with Crippen LogP contribution in [0.1, 0.15) is 27.0 Å². The maximum absolute atomic E-state index is 12.1. The number of fused-ring (bicyclic) bond motifs is 1. The summed E-state index contributed by atoms with van der Waals surface area (Å²) in [4.78, 5) is 18.0. The highest BCUT2D eigenvalue weighted by atomic mass is 16.5. The lowest BCUT2D eigenvalue weighted by molar-refractivity contribution is 0.0827. The Morgan fingerprint density at radius 3 is 2.48 bits per heavy atom. The highest BCUT2D eigenvalue weighted by Crippen LogP contribution is 2.25. The fourth-order valence-corrected chi connectivity index (χ4v) is 3.38. The fraction of sp³-hybridized carbons (Fsp3) is 0.391. The molecule has 1 heterocycles. The van der Waals surface area contributed by atoms with E-state index in [2.05, 4.69) is 33.8 Å². The topological polar surface area (TPSA) is 66.0 Å². The van der Waals surface area contributed by atoms with Crippen LogP contribution in [0, 0.1) is 0 Å². The van der Waals surface area contributed by atoms with Crippen molar-refractivity contribution in [1.82, 2.24) is 15.5 Å². The number of rotatable bonds is 7. The molecule has 3 rings (SSSR count). The van der Waals surface area contributed by atoms with Crippen LogP contribution >= 0.6 is 0 Å². The van der Waals surface area contributed by atoms with Crippen LogP contribution < -0.4 is 15.4 Å². The second-order valence-electron chi connectivity index (χ2n) is 7.37. The molecule has 2 N–H and O–H groups in total. The number of benzene rings is 2. The number of hydrogen-bond donors (Lipinski definition) is 2. The van der Waals surface area contributed by atoms with Gasteiger partial charge in [0.05, 0.1) is 6.61 Å². The van der Waals surface area contributed by atoms with E-state index in [1.54, 1.807) is 26.0 Å². The first-order chi connectivity index (χ1) is 14.1. The van der Waals surface area contributed by atoms with Gasteiger partial charge in [-0.1, -0.05) is 24.3 Å². The van der Waals surface area contributed by atoms with Crippen molar-refractivity contribution in [2.45, 2.75) is 19.3 Å². The van der Waals surface area contributed by atoms with Crippen molar-refractivity contribution in [2.75, 3.05) is 40.8 Å². The Morgan fingerprint density at radius 1 is 1.07 bits per heavy atom. The highest BCUT2D eigenvalue weighted by molar-refractivity contribution is 5.94. The molecule has 0 aromatic heterocycles. The van der Waals surface area contributed by atoms with Crippen molar-refractivity contribution >= 4 is 11.9 Å². The molecule has 6 heteroatoms. The standard InChI is InChI=1S/C23H30N4O2/c1-24-23(26-13-10-18-7-8-21-19(15-18)11-14-29-21)25-12-9-17-5-4-6-20(16-17)22(28)27(2)3/h4-8,15-16H,9-14H2,1-3H3,(H2,24,25,26). The minimum absolute atomic E-state index is 0.0235. The number of nitrogens with zero attached hydrogens (tertiary/aromatic N) is 2. The Balaban J connectivity index is 1.43. The van der Waals surface area contributed by atoms with Crippen LogP contribution in [0.5, 0.6) is 5.75 Å². The van der Waals surface area contributed by atoms with Gasteiger partial charge in [-0.15, -0.1) is 0 Å². The third-order valence-corrected chi connectivity index (χ3v) is 4.97. The van der Waals surface area contributed by atoms with Crippen molar-refractivity contribution in [1.29, 1.82) is 0 Å². The number of carbonyl (C=O) groups excluding carboxylic acids is 1. The van der Waals surface area contributed by atoms with Gasteiger partial charge in [-0.3, -0.25) is 9.79 Å². The third-order valence-electron chi connectivity index (χ3n) is 4.97. The van der Waals surface area contributed by atoms with Crippen LogP contribution in [0.2, 0.25) is 0 Å². The van der Waals surface area contributed by atoms with Crippen molar-refractivity contribution in [3.63, 3.8) is 0 Å². The van der Waals surface area contributed by atoms with Gasteiger partial charge < -0.3 is 20.3 Å². The molecule has 1 aliphatic rings. The molecule has 0 bridgehead atoms. The third kappa shape index (κ3) is 5.73. The van der Waals surface area contributed by atoms with Crippen LogP contribution in [0.3, 0.4) is 0 Å². The molecule has 0 saturated heterocycles. The Labute approximate surface area is 173 Å². The molecule has 2 aromatic carbocycles. The maximum atomic E-state index is 12.1. The van der Waals surface area contributed by atoms with Gasteiger partial charge in [0.15, 0.2) is 5.96 Å². The van der Waals surface area contributed by atoms with Gasteiger partial charge >= 0.3 is 0 Å². The summed E-state index contributed by atoms with van der Waals surface area (Å²) in [5.41, 5.74) is 4.45. The minimum atomic E-state index is 0.0235. The normalized spacial score (nSPS) is 12.9. The molecule has 0 radical (unpaired) electrons. The van der Waals surface area contributed by atoms with E-state index in [0.717, 1.165) is 61.8 Å². The lowest BCUT2D eigenvalue weighted by Crippen LogP contribution is -2.39. The van der Waals surface area contributed by atoms with E-state index in [4.69, 9.17) is 4.74 Å². The summed E-state index contributed by atoms with van der Waals surface area (Å²) in [6.07, 6.45) is 2.75.